The summed E-state index contributed by atoms with van der Waals surface area (Å²) in [5, 5.41) is 40.3. The molecule has 1 saturated heterocycles. The van der Waals surface area contributed by atoms with Gasteiger partial charge in [0.25, 0.3) is 0 Å². The highest BCUT2D eigenvalue weighted by molar-refractivity contribution is 6.31. The molecule has 5 atom stereocenters. The van der Waals surface area contributed by atoms with Crippen LogP contribution >= 0.6 is 11.6 Å². The lowest BCUT2D eigenvalue weighted by atomic mass is 9.90. The van der Waals surface area contributed by atoms with Gasteiger partial charge >= 0.3 is 0 Å². The third-order valence-electron chi connectivity index (χ3n) is 5.68. The number of benzene rings is 2. The van der Waals surface area contributed by atoms with E-state index in [0.29, 0.717) is 35.8 Å². The molecule has 2 heterocycles. The Morgan fingerprint density at radius 1 is 1.07 bits per heavy atom. The Morgan fingerprint density at radius 3 is 2.59 bits per heavy atom. The predicted octanol–water partition coefficient (Wildman–Crippen LogP) is 1.51. The number of nitrogens with zero attached hydrogens (tertiary/aromatic N) is 1. The van der Waals surface area contributed by atoms with E-state index in [1.165, 1.54) is 6.07 Å². The zero-order valence-electron chi connectivity index (χ0n) is 15.6. The molecule has 2 aliphatic rings. The van der Waals surface area contributed by atoms with Crippen molar-refractivity contribution in [2.24, 2.45) is 0 Å². The van der Waals surface area contributed by atoms with Crippen LogP contribution in [0.3, 0.4) is 0 Å². The molecule has 4 rings (SSSR count). The van der Waals surface area contributed by atoms with E-state index in [2.05, 4.69) is 4.90 Å². The summed E-state index contributed by atoms with van der Waals surface area (Å²) in [5.41, 5.74) is 2.98. The summed E-state index contributed by atoms with van der Waals surface area (Å²) in [5.74, 6) is -0.217. The molecule has 0 saturated carbocycles. The van der Waals surface area contributed by atoms with Crippen LogP contribution in [0, 0.1) is 5.82 Å². The summed E-state index contributed by atoms with van der Waals surface area (Å²) < 4.78 is 19.6. The van der Waals surface area contributed by atoms with Gasteiger partial charge in [-0.3, -0.25) is 4.90 Å². The molecule has 2 aromatic carbocycles. The molecule has 0 spiro atoms. The van der Waals surface area contributed by atoms with Crippen LogP contribution in [0.25, 0.3) is 0 Å². The van der Waals surface area contributed by atoms with Crippen LogP contribution in [0.1, 0.15) is 28.4 Å². The Balaban J connectivity index is 1.55. The number of aliphatic hydroxyl groups is 4. The summed E-state index contributed by atoms with van der Waals surface area (Å²) in [6.07, 6.45) is -6.10. The van der Waals surface area contributed by atoms with Crippen LogP contribution in [0.4, 0.5) is 4.39 Å². The van der Waals surface area contributed by atoms with Gasteiger partial charge in [-0.15, -0.1) is 0 Å². The lowest BCUT2D eigenvalue weighted by molar-refractivity contribution is -0.231. The lowest BCUT2D eigenvalue weighted by Crippen LogP contribution is -2.55. The van der Waals surface area contributed by atoms with Crippen LogP contribution in [0.5, 0.6) is 0 Å². The van der Waals surface area contributed by atoms with Crippen molar-refractivity contribution in [1.29, 1.82) is 0 Å². The normalized spacial score (nSPS) is 29.8. The second-order valence-electron chi connectivity index (χ2n) is 7.62. The number of hydrogen-bond donors (Lipinski definition) is 4. The highest BCUT2D eigenvalue weighted by atomic mass is 35.5. The monoisotopic (exact) mass is 423 g/mol. The largest absolute Gasteiger partial charge is 0.394 e. The van der Waals surface area contributed by atoms with Gasteiger partial charge in [0.1, 0.15) is 36.3 Å². The van der Waals surface area contributed by atoms with Crippen LogP contribution in [-0.4, -0.2) is 56.3 Å². The maximum atomic E-state index is 14.0. The van der Waals surface area contributed by atoms with E-state index in [4.69, 9.17) is 16.3 Å². The topological polar surface area (TPSA) is 93.4 Å². The Hall–Kier alpha value is -1.58. The fourth-order valence-corrected chi connectivity index (χ4v) is 4.25. The quantitative estimate of drug-likeness (QED) is 0.595. The second-order valence-corrected chi connectivity index (χ2v) is 8.03. The average Bonchev–Trinajstić information content (AvgIpc) is 3.12. The van der Waals surface area contributed by atoms with Crippen molar-refractivity contribution < 1.29 is 29.6 Å². The molecule has 5 unspecified atom stereocenters. The molecule has 0 bridgehead atoms. The first-order valence-electron chi connectivity index (χ1n) is 9.46. The first-order valence-corrected chi connectivity index (χ1v) is 9.84. The minimum absolute atomic E-state index is 0.217. The fraction of sp³-hybridized carbons (Fsp3) is 0.429. The molecular weight excluding hydrogens is 401 g/mol. The molecular formula is C21H23ClFNO5. The average molecular weight is 424 g/mol. The van der Waals surface area contributed by atoms with Crippen LogP contribution < -0.4 is 0 Å². The minimum Gasteiger partial charge on any atom is -0.394 e. The van der Waals surface area contributed by atoms with Crippen molar-refractivity contribution in [2.75, 3.05) is 6.61 Å². The summed E-state index contributed by atoms with van der Waals surface area (Å²) in [6.45, 7) is 1.06. The van der Waals surface area contributed by atoms with Gasteiger partial charge in [-0.25, -0.2) is 4.39 Å². The molecule has 0 radical (unpaired) electrons. The van der Waals surface area contributed by atoms with Crippen LogP contribution in [0.2, 0.25) is 5.02 Å². The Morgan fingerprint density at radius 2 is 1.86 bits per heavy atom. The number of halogens is 2. The van der Waals surface area contributed by atoms with E-state index < -0.39 is 37.1 Å². The zero-order valence-corrected chi connectivity index (χ0v) is 16.3. The molecule has 0 aromatic heterocycles. The molecule has 6 nitrogen and oxygen atoms in total. The number of ether oxygens (including phenoxy) is 1. The molecule has 2 aliphatic heterocycles. The molecule has 0 aliphatic carbocycles. The molecule has 0 amide bonds. The number of fused-ring (bicyclic) bond motifs is 1. The van der Waals surface area contributed by atoms with Crippen molar-refractivity contribution in [3.05, 3.63) is 69.5 Å². The SMILES string of the molecule is OCC1OC(c2ccc(Cl)c(CN3Cc4cccc(F)c4C3)c2)C(O)C(O)C1O. The molecule has 8 heteroatoms. The van der Waals surface area contributed by atoms with Crippen LogP contribution in [-0.2, 0) is 24.4 Å². The Bertz CT molecular complexity index is 895. The van der Waals surface area contributed by atoms with Crippen molar-refractivity contribution in [2.45, 2.75) is 50.2 Å². The predicted molar refractivity (Wildman–Crippen MR) is 104 cm³/mol. The van der Waals surface area contributed by atoms with Crippen molar-refractivity contribution in [3.8, 4) is 0 Å². The third-order valence-corrected chi connectivity index (χ3v) is 6.04. The lowest BCUT2D eigenvalue weighted by Gasteiger charge is -2.40. The van der Waals surface area contributed by atoms with Gasteiger partial charge in [-0.2, -0.15) is 0 Å². The summed E-state index contributed by atoms with van der Waals surface area (Å²) >= 11 is 6.37. The van der Waals surface area contributed by atoms with Gasteiger partial charge in [0.15, 0.2) is 0 Å². The molecule has 29 heavy (non-hydrogen) atoms. The van der Waals surface area contributed by atoms with E-state index >= 15 is 0 Å². The van der Waals surface area contributed by atoms with E-state index in [-0.39, 0.29) is 5.82 Å². The van der Waals surface area contributed by atoms with E-state index in [9.17, 15) is 24.8 Å². The molecule has 2 aromatic rings. The van der Waals surface area contributed by atoms with Gasteiger partial charge in [-0.1, -0.05) is 35.9 Å². The molecule has 156 valence electrons. The second kappa shape index (κ2) is 8.28. The number of hydrogen-bond acceptors (Lipinski definition) is 6. The standard InChI is InChI=1S/C21H23ClFNO5/c22-15-5-4-11(21-20(28)19(27)18(26)17(10-25)29-21)6-13(15)8-24-7-12-2-1-3-16(23)14(12)9-24/h1-6,17-21,25-28H,7-10H2. The van der Waals surface area contributed by atoms with Gasteiger partial charge in [0, 0.05) is 30.2 Å². The molecule has 1 fully saturated rings. The number of rotatable bonds is 4. The highest BCUT2D eigenvalue weighted by Gasteiger charge is 2.44. The van der Waals surface area contributed by atoms with Gasteiger partial charge < -0.3 is 25.2 Å². The number of aliphatic hydroxyl groups excluding tert-OH is 4. The van der Waals surface area contributed by atoms with Crippen molar-refractivity contribution >= 4 is 11.6 Å². The van der Waals surface area contributed by atoms with Gasteiger partial charge in [0.05, 0.1) is 6.61 Å². The summed E-state index contributed by atoms with van der Waals surface area (Å²) in [6, 6.07) is 10.2. The smallest absolute Gasteiger partial charge is 0.128 e. The third kappa shape index (κ3) is 3.92. The maximum Gasteiger partial charge on any atom is 0.128 e. The van der Waals surface area contributed by atoms with Gasteiger partial charge in [0.2, 0.25) is 0 Å². The Labute approximate surface area is 172 Å². The molecule has 4 N–H and O–H groups in total. The minimum atomic E-state index is -1.44. The van der Waals surface area contributed by atoms with E-state index in [0.717, 1.165) is 11.1 Å². The first kappa shape index (κ1) is 20.7. The summed E-state index contributed by atoms with van der Waals surface area (Å²) in [4.78, 5) is 2.06. The van der Waals surface area contributed by atoms with Gasteiger partial charge in [-0.05, 0) is 28.8 Å². The van der Waals surface area contributed by atoms with E-state index in [1.54, 1.807) is 24.3 Å². The van der Waals surface area contributed by atoms with Crippen molar-refractivity contribution in [1.82, 2.24) is 4.90 Å². The fourth-order valence-electron chi connectivity index (χ4n) is 4.07. The highest BCUT2D eigenvalue weighted by Crippen LogP contribution is 2.35. The summed E-state index contributed by atoms with van der Waals surface area (Å²) in [7, 11) is 0. The van der Waals surface area contributed by atoms with E-state index in [1.807, 2.05) is 6.07 Å². The van der Waals surface area contributed by atoms with Crippen molar-refractivity contribution in [3.63, 3.8) is 0 Å². The Kier molecular flexibility index (Phi) is 5.90. The maximum absolute atomic E-state index is 14.0. The first-order chi connectivity index (χ1) is 13.9. The zero-order chi connectivity index (χ0) is 20.7. The van der Waals surface area contributed by atoms with Crippen LogP contribution in [0.15, 0.2) is 36.4 Å².